The molecule has 1 aliphatic rings. The molecule has 1 aliphatic heterocycles. The van der Waals surface area contributed by atoms with Gasteiger partial charge in [0.15, 0.2) is 0 Å². The number of piperidine rings is 1. The van der Waals surface area contributed by atoms with Crippen LogP contribution >= 0.6 is 0 Å². The topological polar surface area (TPSA) is 49.0 Å². The molecular formula is C11H14F3N3O. The number of carbonyl (C=O) groups excluding carboxylic acids is 1. The van der Waals surface area contributed by atoms with E-state index < -0.39 is 12.1 Å². The maximum absolute atomic E-state index is 12.6. The highest BCUT2D eigenvalue weighted by Gasteiger charge is 2.42. The second kappa shape index (κ2) is 4.62. The van der Waals surface area contributed by atoms with Gasteiger partial charge in [0.05, 0.1) is 17.7 Å². The molecule has 2 heterocycles. The van der Waals surface area contributed by atoms with Crippen LogP contribution in [0.4, 0.5) is 13.2 Å². The van der Waals surface area contributed by atoms with Crippen LogP contribution in [0.25, 0.3) is 0 Å². The van der Waals surface area contributed by atoms with Crippen LogP contribution < -0.4 is 0 Å². The van der Waals surface area contributed by atoms with Crippen LogP contribution in [0.1, 0.15) is 28.9 Å². The lowest BCUT2D eigenvalue weighted by atomic mass is 9.97. The van der Waals surface area contributed by atoms with E-state index >= 15 is 0 Å². The van der Waals surface area contributed by atoms with Crippen LogP contribution in [0.15, 0.2) is 6.20 Å². The number of hydrogen-bond acceptors (Lipinski definition) is 2. The fraction of sp³-hybridized carbons (Fsp3) is 0.636. The second-order valence-electron chi connectivity index (χ2n) is 4.54. The minimum atomic E-state index is -4.23. The Hall–Kier alpha value is -1.53. The Morgan fingerprint density at radius 3 is 2.83 bits per heavy atom. The first kappa shape index (κ1) is 12.9. The van der Waals surface area contributed by atoms with Crippen molar-refractivity contribution >= 4 is 5.91 Å². The predicted octanol–water partition coefficient (Wildman–Crippen LogP) is 2.13. The molecule has 0 aliphatic carbocycles. The third-order valence-corrected chi connectivity index (χ3v) is 3.23. The number of H-pyrrole nitrogens is 1. The van der Waals surface area contributed by atoms with Gasteiger partial charge in [-0.25, -0.2) is 0 Å². The van der Waals surface area contributed by atoms with Crippen molar-refractivity contribution in [3.63, 3.8) is 0 Å². The van der Waals surface area contributed by atoms with Crippen LogP contribution in [0.2, 0.25) is 0 Å². The van der Waals surface area contributed by atoms with E-state index in [4.69, 9.17) is 0 Å². The van der Waals surface area contributed by atoms with Gasteiger partial charge < -0.3 is 4.90 Å². The average Bonchev–Trinajstić information content (AvgIpc) is 2.73. The van der Waals surface area contributed by atoms with Crippen LogP contribution in [0, 0.1) is 12.8 Å². The number of rotatable bonds is 1. The summed E-state index contributed by atoms with van der Waals surface area (Å²) in [5.74, 6) is -1.79. The van der Waals surface area contributed by atoms with Gasteiger partial charge in [-0.05, 0) is 19.8 Å². The normalized spacial score (nSPS) is 21.1. The molecule has 100 valence electrons. The van der Waals surface area contributed by atoms with E-state index in [9.17, 15) is 18.0 Å². The van der Waals surface area contributed by atoms with E-state index in [1.807, 2.05) is 0 Å². The highest BCUT2D eigenvalue weighted by atomic mass is 19.4. The number of halogens is 3. The molecule has 0 spiro atoms. The SMILES string of the molecule is Cc1[nH]ncc1C(=O)N1CCCC(C(F)(F)F)C1. The quantitative estimate of drug-likeness (QED) is 0.842. The van der Waals surface area contributed by atoms with Gasteiger partial charge in [0.1, 0.15) is 0 Å². The Morgan fingerprint density at radius 2 is 2.28 bits per heavy atom. The second-order valence-corrected chi connectivity index (χ2v) is 4.54. The molecule has 1 N–H and O–H groups in total. The number of nitrogens with zero attached hydrogens (tertiary/aromatic N) is 2. The van der Waals surface area contributed by atoms with Gasteiger partial charge in [-0.2, -0.15) is 18.3 Å². The number of aromatic amines is 1. The number of hydrogen-bond donors (Lipinski definition) is 1. The van der Waals surface area contributed by atoms with Crippen molar-refractivity contribution < 1.29 is 18.0 Å². The molecule has 0 radical (unpaired) electrons. The van der Waals surface area contributed by atoms with Gasteiger partial charge in [0.2, 0.25) is 0 Å². The number of alkyl halides is 3. The third kappa shape index (κ3) is 2.49. The van der Waals surface area contributed by atoms with Crippen molar-refractivity contribution in [1.29, 1.82) is 0 Å². The van der Waals surface area contributed by atoms with E-state index in [0.717, 1.165) is 0 Å². The zero-order chi connectivity index (χ0) is 13.3. The summed E-state index contributed by atoms with van der Waals surface area (Å²) in [6.07, 6.45) is -2.40. The van der Waals surface area contributed by atoms with Crippen molar-refractivity contribution in [2.45, 2.75) is 25.9 Å². The molecule has 1 atom stereocenters. The molecule has 18 heavy (non-hydrogen) atoms. The Morgan fingerprint density at radius 1 is 1.56 bits per heavy atom. The highest BCUT2D eigenvalue weighted by Crippen LogP contribution is 2.33. The summed E-state index contributed by atoms with van der Waals surface area (Å²) in [4.78, 5) is 13.3. The summed E-state index contributed by atoms with van der Waals surface area (Å²) in [5.41, 5.74) is 0.923. The Kier molecular flexibility index (Phi) is 3.32. The first-order valence-corrected chi connectivity index (χ1v) is 5.75. The third-order valence-electron chi connectivity index (χ3n) is 3.23. The molecule has 0 aromatic carbocycles. The summed E-state index contributed by atoms with van der Waals surface area (Å²) in [5, 5.41) is 6.32. The summed E-state index contributed by atoms with van der Waals surface area (Å²) >= 11 is 0. The Bertz CT molecular complexity index is 441. The molecule has 4 nitrogen and oxygen atoms in total. The summed E-state index contributed by atoms with van der Waals surface area (Å²) in [7, 11) is 0. The molecular weight excluding hydrogens is 247 g/mol. The zero-order valence-electron chi connectivity index (χ0n) is 9.92. The highest BCUT2D eigenvalue weighted by molar-refractivity contribution is 5.95. The Labute approximate surface area is 102 Å². The maximum atomic E-state index is 12.6. The lowest BCUT2D eigenvalue weighted by Gasteiger charge is -2.33. The summed E-state index contributed by atoms with van der Waals surface area (Å²) in [6, 6.07) is 0. The van der Waals surface area contributed by atoms with E-state index in [0.29, 0.717) is 24.2 Å². The molecule has 1 unspecified atom stereocenters. The van der Waals surface area contributed by atoms with Gasteiger partial charge >= 0.3 is 6.18 Å². The smallest absolute Gasteiger partial charge is 0.338 e. The molecule has 0 bridgehead atoms. The number of amides is 1. The average molecular weight is 261 g/mol. The van der Waals surface area contributed by atoms with Gasteiger partial charge in [-0.3, -0.25) is 9.89 Å². The van der Waals surface area contributed by atoms with Crippen molar-refractivity contribution in [2.24, 2.45) is 5.92 Å². The van der Waals surface area contributed by atoms with Crippen LogP contribution in [-0.2, 0) is 0 Å². The number of likely N-dealkylation sites (tertiary alicyclic amines) is 1. The molecule has 1 aromatic heterocycles. The first-order valence-electron chi connectivity index (χ1n) is 5.75. The fourth-order valence-electron chi connectivity index (χ4n) is 2.17. The van der Waals surface area contributed by atoms with Crippen molar-refractivity contribution in [1.82, 2.24) is 15.1 Å². The standard InChI is InChI=1S/C11H14F3N3O/c1-7-9(5-15-16-7)10(18)17-4-2-3-8(6-17)11(12,13)14/h5,8H,2-4,6H2,1H3,(H,15,16). The molecule has 1 fully saturated rings. The summed E-state index contributed by atoms with van der Waals surface area (Å²) < 4.78 is 37.9. The zero-order valence-corrected chi connectivity index (χ0v) is 9.92. The number of carbonyl (C=O) groups is 1. The Balaban J connectivity index is 2.10. The number of nitrogens with one attached hydrogen (secondary N) is 1. The van der Waals surface area contributed by atoms with Crippen molar-refractivity contribution in [2.75, 3.05) is 13.1 Å². The molecule has 1 saturated heterocycles. The van der Waals surface area contributed by atoms with Gasteiger partial charge in [-0.15, -0.1) is 0 Å². The lowest BCUT2D eigenvalue weighted by molar-refractivity contribution is -0.184. The molecule has 2 rings (SSSR count). The van der Waals surface area contributed by atoms with E-state index in [1.165, 1.54) is 11.1 Å². The minimum absolute atomic E-state index is 0.0949. The molecule has 1 aromatic rings. The van der Waals surface area contributed by atoms with Gasteiger partial charge in [-0.1, -0.05) is 0 Å². The summed E-state index contributed by atoms with van der Waals surface area (Å²) in [6.45, 7) is 1.79. The van der Waals surface area contributed by atoms with Crippen molar-refractivity contribution in [3.8, 4) is 0 Å². The van der Waals surface area contributed by atoms with E-state index in [2.05, 4.69) is 10.2 Å². The monoisotopic (exact) mass is 261 g/mol. The van der Waals surface area contributed by atoms with Crippen molar-refractivity contribution in [3.05, 3.63) is 17.5 Å². The molecule has 0 saturated carbocycles. The van der Waals surface area contributed by atoms with Crippen LogP contribution in [0.5, 0.6) is 0 Å². The first-order chi connectivity index (χ1) is 8.39. The van der Waals surface area contributed by atoms with E-state index in [-0.39, 0.29) is 18.9 Å². The molecule has 7 heteroatoms. The fourth-order valence-corrected chi connectivity index (χ4v) is 2.17. The van der Waals surface area contributed by atoms with Crippen LogP contribution in [-0.4, -0.2) is 40.3 Å². The van der Waals surface area contributed by atoms with Gasteiger partial charge in [0, 0.05) is 18.8 Å². The lowest BCUT2D eigenvalue weighted by Crippen LogP contribution is -2.44. The largest absolute Gasteiger partial charge is 0.393 e. The van der Waals surface area contributed by atoms with E-state index in [1.54, 1.807) is 6.92 Å². The number of aryl methyl sites for hydroxylation is 1. The molecule has 1 amide bonds. The number of aromatic nitrogens is 2. The predicted molar refractivity (Wildman–Crippen MR) is 58.0 cm³/mol. The minimum Gasteiger partial charge on any atom is -0.338 e. The maximum Gasteiger partial charge on any atom is 0.393 e. The van der Waals surface area contributed by atoms with Gasteiger partial charge in [0.25, 0.3) is 5.91 Å². The van der Waals surface area contributed by atoms with Crippen LogP contribution in [0.3, 0.4) is 0 Å².